The fraction of sp³-hybridized carbons (Fsp3) is 1.00. The molecule has 0 heterocycles. The van der Waals surface area contributed by atoms with E-state index in [-0.39, 0.29) is 11.2 Å². The van der Waals surface area contributed by atoms with E-state index in [0.717, 1.165) is 13.2 Å². The molecule has 0 aromatic carbocycles. The standard InChI is InChI=1S/C46H95NO2/c1-10-15-20-26-34-45(8,35-27-21-16-11-2)48-41-43(6)32-24-30-39-47(38-19-14-5)40-31-25-33-44(7)42-49-46(9,36-28-22-17-12-3)37-29-23-18-13-4/h43-44H,10-42H2,1-9H3. The molecule has 0 saturated heterocycles. The first-order chi connectivity index (χ1) is 23.7. The van der Waals surface area contributed by atoms with Crippen molar-refractivity contribution in [3.63, 3.8) is 0 Å². The fourth-order valence-electron chi connectivity index (χ4n) is 7.47. The van der Waals surface area contributed by atoms with Gasteiger partial charge in [0, 0.05) is 13.2 Å². The monoisotopic (exact) mass is 694 g/mol. The van der Waals surface area contributed by atoms with Gasteiger partial charge >= 0.3 is 0 Å². The first kappa shape index (κ1) is 48.9. The number of ether oxygens (including phenoxy) is 2. The van der Waals surface area contributed by atoms with Gasteiger partial charge in [0.05, 0.1) is 11.2 Å². The van der Waals surface area contributed by atoms with Gasteiger partial charge in [-0.05, 0) is 103 Å². The maximum atomic E-state index is 6.74. The molecule has 3 heteroatoms. The molecule has 0 aliphatic heterocycles. The first-order valence-corrected chi connectivity index (χ1v) is 22.7. The van der Waals surface area contributed by atoms with E-state index in [1.54, 1.807) is 0 Å². The Balaban J connectivity index is 4.53. The molecule has 0 N–H and O–H groups in total. The van der Waals surface area contributed by atoms with E-state index >= 15 is 0 Å². The quantitative estimate of drug-likeness (QED) is 0.0598. The molecule has 0 amide bonds. The van der Waals surface area contributed by atoms with Crippen LogP contribution in [0.25, 0.3) is 0 Å². The van der Waals surface area contributed by atoms with Crippen molar-refractivity contribution >= 4 is 0 Å². The number of rotatable bonds is 39. The zero-order valence-corrected chi connectivity index (χ0v) is 35.8. The molecular weight excluding hydrogens is 599 g/mol. The predicted molar refractivity (Wildman–Crippen MR) is 221 cm³/mol. The lowest BCUT2D eigenvalue weighted by atomic mass is 9.91. The molecule has 0 aromatic heterocycles. The summed E-state index contributed by atoms with van der Waals surface area (Å²) in [7, 11) is 0. The number of unbranched alkanes of at least 4 members (excludes halogenated alkanes) is 15. The van der Waals surface area contributed by atoms with Crippen molar-refractivity contribution in [3.05, 3.63) is 0 Å². The minimum atomic E-state index is 0.0818. The van der Waals surface area contributed by atoms with Crippen molar-refractivity contribution in [2.45, 2.75) is 253 Å². The van der Waals surface area contributed by atoms with Gasteiger partial charge in [0.15, 0.2) is 0 Å². The highest BCUT2D eigenvalue weighted by Crippen LogP contribution is 2.29. The molecule has 296 valence electrons. The Morgan fingerprint density at radius 1 is 0.388 bits per heavy atom. The number of nitrogens with zero attached hydrogens (tertiary/aromatic N) is 1. The minimum absolute atomic E-state index is 0.0818. The third-order valence-electron chi connectivity index (χ3n) is 11.3. The van der Waals surface area contributed by atoms with E-state index in [2.05, 4.69) is 67.2 Å². The van der Waals surface area contributed by atoms with Gasteiger partial charge in [-0.1, -0.05) is 170 Å². The Morgan fingerprint density at radius 3 is 1.00 bits per heavy atom. The van der Waals surface area contributed by atoms with E-state index in [9.17, 15) is 0 Å². The zero-order valence-electron chi connectivity index (χ0n) is 35.8. The molecular formula is C46H95NO2. The molecule has 3 nitrogen and oxygen atoms in total. The molecule has 49 heavy (non-hydrogen) atoms. The smallest absolute Gasteiger partial charge is 0.0654 e. The van der Waals surface area contributed by atoms with Gasteiger partial charge in [-0.3, -0.25) is 0 Å². The highest BCUT2D eigenvalue weighted by molar-refractivity contribution is 4.77. The maximum Gasteiger partial charge on any atom is 0.0654 e. The van der Waals surface area contributed by atoms with Gasteiger partial charge in [0.25, 0.3) is 0 Å². The fourth-order valence-corrected chi connectivity index (χ4v) is 7.47. The molecule has 0 aromatic rings. The van der Waals surface area contributed by atoms with Crippen molar-refractivity contribution in [2.24, 2.45) is 11.8 Å². The van der Waals surface area contributed by atoms with E-state index in [1.807, 2.05) is 0 Å². The molecule has 0 aliphatic rings. The van der Waals surface area contributed by atoms with Crippen LogP contribution in [0.1, 0.15) is 242 Å². The van der Waals surface area contributed by atoms with Crippen LogP contribution in [0.2, 0.25) is 0 Å². The van der Waals surface area contributed by atoms with E-state index < -0.39 is 0 Å². The van der Waals surface area contributed by atoms with Crippen molar-refractivity contribution in [3.8, 4) is 0 Å². The number of hydrogen-bond acceptors (Lipinski definition) is 3. The lowest BCUT2D eigenvalue weighted by Crippen LogP contribution is -2.31. The number of hydrogen-bond donors (Lipinski definition) is 0. The summed E-state index contributed by atoms with van der Waals surface area (Å²) >= 11 is 0. The van der Waals surface area contributed by atoms with Gasteiger partial charge in [-0.25, -0.2) is 0 Å². The molecule has 0 aliphatic carbocycles. The van der Waals surface area contributed by atoms with Gasteiger partial charge in [-0.2, -0.15) is 0 Å². The molecule has 0 rings (SSSR count). The van der Waals surface area contributed by atoms with Crippen LogP contribution in [-0.4, -0.2) is 49.0 Å². The van der Waals surface area contributed by atoms with Crippen LogP contribution in [-0.2, 0) is 9.47 Å². The Hall–Kier alpha value is -0.120. The molecule has 0 bridgehead atoms. The van der Waals surface area contributed by atoms with Crippen molar-refractivity contribution in [1.29, 1.82) is 0 Å². The van der Waals surface area contributed by atoms with Crippen LogP contribution in [0.5, 0.6) is 0 Å². The predicted octanol–water partition coefficient (Wildman–Crippen LogP) is 15.1. The van der Waals surface area contributed by atoms with Crippen LogP contribution in [0.3, 0.4) is 0 Å². The van der Waals surface area contributed by atoms with Gasteiger partial charge in [0.1, 0.15) is 0 Å². The summed E-state index contributed by atoms with van der Waals surface area (Å²) < 4.78 is 13.5. The second kappa shape index (κ2) is 33.7. The highest BCUT2D eigenvalue weighted by Gasteiger charge is 2.26. The molecule has 2 unspecified atom stereocenters. The topological polar surface area (TPSA) is 21.7 Å². The van der Waals surface area contributed by atoms with Gasteiger partial charge in [0.2, 0.25) is 0 Å². The Labute approximate surface area is 311 Å². The maximum absolute atomic E-state index is 6.74. The van der Waals surface area contributed by atoms with Crippen LogP contribution in [0, 0.1) is 11.8 Å². The zero-order chi connectivity index (χ0) is 36.5. The summed E-state index contributed by atoms with van der Waals surface area (Å²) in [5.74, 6) is 1.32. The molecule has 0 spiro atoms. The Kier molecular flexibility index (Phi) is 33.6. The highest BCUT2D eigenvalue weighted by atomic mass is 16.5. The second-order valence-electron chi connectivity index (χ2n) is 17.2. The van der Waals surface area contributed by atoms with Crippen LogP contribution < -0.4 is 0 Å². The van der Waals surface area contributed by atoms with Crippen molar-refractivity contribution in [1.82, 2.24) is 4.90 Å². The largest absolute Gasteiger partial charge is 0.375 e. The minimum Gasteiger partial charge on any atom is -0.375 e. The van der Waals surface area contributed by atoms with Gasteiger partial charge in [-0.15, -0.1) is 0 Å². The molecule has 0 fully saturated rings. The van der Waals surface area contributed by atoms with E-state index in [0.29, 0.717) is 11.8 Å². The molecule has 2 atom stereocenters. The summed E-state index contributed by atoms with van der Waals surface area (Å²) in [6.07, 6.45) is 37.0. The van der Waals surface area contributed by atoms with Gasteiger partial charge < -0.3 is 14.4 Å². The summed E-state index contributed by atoms with van der Waals surface area (Å²) in [6.45, 7) is 27.0. The second-order valence-corrected chi connectivity index (χ2v) is 17.2. The Morgan fingerprint density at radius 2 is 0.694 bits per heavy atom. The average Bonchev–Trinajstić information content (AvgIpc) is 3.09. The van der Waals surface area contributed by atoms with Crippen molar-refractivity contribution < 1.29 is 9.47 Å². The third kappa shape index (κ3) is 30.1. The van der Waals surface area contributed by atoms with Crippen molar-refractivity contribution in [2.75, 3.05) is 32.8 Å². The van der Waals surface area contributed by atoms with Crippen LogP contribution in [0.4, 0.5) is 0 Å². The lowest BCUT2D eigenvalue weighted by molar-refractivity contribution is -0.0610. The Bertz CT molecular complexity index is 589. The first-order valence-electron chi connectivity index (χ1n) is 22.7. The molecule has 0 radical (unpaired) electrons. The molecule has 0 saturated carbocycles. The SMILES string of the molecule is CCCCCCC(C)(CCCCCC)OCC(C)CCCCN(CCCC)CCCCC(C)COC(C)(CCCCCC)CCCCCC. The third-order valence-corrected chi connectivity index (χ3v) is 11.3. The summed E-state index contributed by atoms with van der Waals surface area (Å²) in [5.41, 5.74) is 0.164. The van der Waals surface area contributed by atoms with Crippen LogP contribution in [0.15, 0.2) is 0 Å². The summed E-state index contributed by atoms with van der Waals surface area (Å²) in [6, 6.07) is 0. The summed E-state index contributed by atoms with van der Waals surface area (Å²) in [5, 5.41) is 0. The van der Waals surface area contributed by atoms with Crippen LogP contribution >= 0.6 is 0 Å². The van der Waals surface area contributed by atoms with E-state index in [1.165, 1.54) is 199 Å². The summed E-state index contributed by atoms with van der Waals surface area (Å²) in [4.78, 5) is 2.78. The lowest BCUT2D eigenvalue weighted by Gasteiger charge is -2.32. The normalized spacial score (nSPS) is 13.8. The average molecular weight is 694 g/mol. The van der Waals surface area contributed by atoms with E-state index in [4.69, 9.17) is 9.47 Å².